The fourth-order valence-electron chi connectivity index (χ4n) is 7.32. The van der Waals surface area contributed by atoms with E-state index in [2.05, 4.69) is 34.1 Å². The minimum Gasteiger partial charge on any atom is -0.390 e. The van der Waals surface area contributed by atoms with Crippen molar-refractivity contribution in [3.05, 3.63) is 30.0 Å². The number of aliphatic hydroxyl groups is 1. The molecule has 4 aliphatic heterocycles. The number of para-hydroxylation sites is 1. The molecule has 1 aromatic heterocycles. The molecule has 1 aromatic carbocycles. The summed E-state index contributed by atoms with van der Waals surface area (Å²) in [5.74, 6) is 0.0382. The summed E-state index contributed by atoms with van der Waals surface area (Å²) in [6, 6.07) is 9.00. The van der Waals surface area contributed by atoms with Crippen molar-refractivity contribution in [1.29, 1.82) is 0 Å². The number of carbonyl (C=O) groups excluding carboxylic acids is 2. The van der Waals surface area contributed by atoms with Gasteiger partial charge in [0.2, 0.25) is 0 Å². The first-order valence-electron chi connectivity index (χ1n) is 15.2. The highest BCUT2D eigenvalue weighted by Gasteiger charge is 2.42. The van der Waals surface area contributed by atoms with Gasteiger partial charge in [0.15, 0.2) is 5.69 Å². The Morgan fingerprint density at radius 3 is 2.45 bits per heavy atom. The van der Waals surface area contributed by atoms with Crippen molar-refractivity contribution < 1.29 is 19.4 Å². The molecule has 218 valence electrons. The maximum Gasteiger partial charge on any atom is 0.272 e. The lowest BCUT2D eigenvalue weighted by Gasteiger charge is -2.41. The Morgan fingerprint density at radius 1 is 1.05 bits per heavy atom. The predicted molar refractivity (Wildman–Crippen MR) is 152 cm³/mol. The highest BCUT2D eigenvalue weighted by molar-refractivity contribution is 6.05. The Hall–Kier alpha value is -2.53. The Kier molecular flexibility index (Phi) is 8.12. The van der Waals surface area contributed by atoms with Crippen molar-refractivity contribution in [2.45, 2.75) is 88.7 Å². The van der Waals surface area contributed by atoms with E-state index in [9.17, 15) is 14.7 Å². The van der Waals surface area contributed by atoms with Gasteiger partial charge in [0.1, 0.15) is 6.10 Å². The number of piperidine rings is 1. The minimum atomic E-state index is -0.430. The first kappa shape index (κ1) is 27.6. The molecule has 5 heterocycles. The van der Waals surface area contributed by atoms with Gasteiger partial charge in [-0.2, -0.15) is 5.10 Å². The molecule has 4 fully saturated rings. The quantitative estimate of drug-likeness (QED) is 0.517. The third kappa shape index (κ3) is 5.64. The number of benzene rings is 1. The van der Waals surface area contributed by atoms with E-state index in [1.807, 2.05) is 33.8 Å². The molecule has 6 rings (SSSR count). The molecule has 2 aromatic rings. The van der Waals surface area contributed by atoms with Crippen LogP contribution in [0, 0.1) is 0 Å². The van der Waals surface area contributed by atoms with Gasteiger partial charge < -0.3 is 20.1 Å². The highest BCUT2D eigenvalue weighted by Crippen LogP contribution is 2.36. The van der Waals surface area contributed by atoms with Crippen molar-refractivity contribution in [2.75, 3.05) is 45.9 Å². The standard InChI is InChI=1S/C30H44N6O4/c1-20(2)36-26-7-4-3-6-25(26)28(32-36)29(38)31-21-16-22-9-10-23(17-21)35(22)19-24(37)18-33-11-13-34(14-12-33)30(39)27-8-5-15-40-27/h3-4,6-7,20-24,27,37H,5,8-19H2,1-2H3,(H,31,38)/t21-,22-,23+,24?,27?. The Bertz CT molecular complexity index is 1190. The van der Waals surface area contributed by atoms with Gasteiger partial charge in [-0.05, 0) is 58.4 Å². The number of aliphatic hydroxyl groups excluding tert-OH is 1. The van der Waals surface area contributed by atoms with Crippen LogP contribution >= 0.6 is 0 Å². The van der Waals surface area contributed by atoms with Gasteiger partial charge in [-0.3, -0.25) is 24.1 Å². The zero-order valence-electron chi connectivity index (χ0n) is 23.9. The molecule has 2 unspecified atom stereocenters. The average Bonchev–Trinajstić information content (AvgIpc) is 3.66. The summed E-state index contributed by atoms with van der Waals surface area (Å²) < 4.78 is 7.50. The fraction of sp³-hybridized carbons (Fsp3) is 0.700. The van der Waals surface area contributed by atoms with E-state index >= 15 is 0 Å². The number of carbonyl (C=O) groups is 2. The van der Waals surface area contributed by atoms with Crippen LogP contribution in [-0.2, 0) is 9.53 Å². The summed E-state index contributed by atoms with van der Waals surface area (Å²) in [7, 11) is 0. The number of aromatic nitrogens is 2. The molecule has 2 amide bonds. The summed E-state index contributed by atoms with van der Waals surface area (Å²) in [6.07, 6.45) is 5.15. The maximum absolute atomic E-state index is 13.3. The summed E-state index contributed by atoms with van der Waals surface area (Å²) >= 11 is 0. The van der Waals surface area contributed by atoms with E-state index in [4.69, 9.17) is 4.74 Å². The van der Waals surface area contributed by atoms with E-state index in [-0.39, 0.29) is 30.0 Å². The van der Waals surface area contributed by atoms with Gasteiger partial charge in [-0.1, -0.05) is 18.2 Å². The number of amides is 2. The molecule has 2 bridgehead atoms. The summed E-state index contributed by atoms with van der Waals surface area (Å²) in [5.41, 5.74) is 1.49. The second-order valence-corrected chi connectivity index (χ2v) is 12.4. The minimum absolute atomic E-state index is 0.0920. The average molecular weight is 553 g/mol. The van der Waals surface area contributed by atoms with Crippen LogP contribution in [0.4, 0.5) is 0 Å². The predicted octanol–water partition coefficient (Wildman–Crippen LogP) is 2.03. The number of fused-ring (bicyclic) bond motifs is 3. The zero-order valence-corrected chi connectivity index (χ0v) is 23.9. The molecule has 4 saturated heterocycles. The van der Waals surface area contributed by atoms with Gasteiger partial charge in [0.25, 0.3) is 11.8 Å². The molecule has 0 radical (unpaired) electrons. The van der Waals surface area contributed by atoms with Crippen LogP contribution in [0.3, 0.4) is 0 Å². The van der Waals surface area contributed by atoms with Crippen molar-refractivity contribution >= 4 is 22.7 Å². The zero-order chi connectivity index (χ0) is 27.8. The summed E-state index contributed by atoms with van der Waals surface area (Å²) in [5, 5.41) is 19.9. The van der Waals surface area contributed by atoms with Gasteiger partial charge in [0.05, 0.1) is 11.6 Å². The highest BCUT2D eigenvalue weighted by atomic mass is 16.5. The van der Waals surface area contributed by atoms with Gasteiger partial charge in [0, 0.05) is 75.4 Å². The van der Waals surface area contributed by atoms with Crippen molar-refractivity contribution in [2.24, 2.45) is 0 Å². The molecule has 10 heteroatoms. The topological polar surface area (TPSA) is 103 Å². The summed E-state index contributed by atoms with van der Waals surface area (Å²) in [6.45, 7) is 9.12. The van der Waals surface area contributed by atoms with Crippen LogP contribution in [0.15, 0.2) is 24.3 Å². The Labute approximate surface area is 236 Å². The molecule has 40 heavy (non-hydrogen) atoms. The molecule has 0 saturated carbocycles. The Balaban J connectivity index is 0.991. The van der Waals surface area contributed by atoms with E-state index in [0.29, 0.717) is 50.6 Å². The molecule has 4 aliphatic rings. The first-order valence-corrected chi connectivity index (χ1v) is 15.2. The van der Waals surface area contributed by atoms with E-state index < -0.39 is 6.10 Å². The number of hydrogen-bond donors (Lipinski definition) is 2. The number of piperazine rings is 1. The molecule has 10 nitrogen and oxygen atoms in total. The monoisotopic (exact) mass is 552 g/mol. The largest absolute Gasteiger partial charge is 0.390 e. The van der Waals surface area contributed by atoms with Crippen LogP contribution in [0.2, 0.25) is 0 Å². The first-order chi connectivity index (χ1) is 19.4. The number of rotatable bonds is 8. The number of β-amino-alcohol motifs (C(OH)–C–C–N with tert-alkyl or cyclic N) is 1. The molecule has 0 spiro atoms. The molecule has 5 atom stereocenters. The van der Waals surface area contributed by atoms with Crippen molar-refractivity contribution in [1.82, 2.24) is 29.8 Å². The van der Waals surface area contributed by atoms with Crippen LogP contribution in [0.25, 0.3) is 10.9 Å². The van der Waals surface area contributed by atoms with Crippen LogP contribution < -0.4 is 5.32 Å². The molecular formula is C30H44N6O4. The number of nitrogens with zero attached hydrogens (tertiary/aromatic N) is 5. The fourth-order valence-corrected chi connectivity index (χ4v) is 7.32. The maximum atomic E-state index is 13.3. The third-order valence-electron chi connectivity index (χ3n) is 9.32. The lowest BCUT2D eigenvalue weighted by molar-refractivity contribution is -0.142. The molecular weight excluding hydrogens is 508 g/mol. The SMILES string of the molecule is CC(C)n1nc(C(=O)N[C@@H]2C[C@H]3CC[C@@H](C2)N3CC(O)CN2CCN(C(=O)C3CCCO3)CC2)c2ccccc21. The van der Waals surface area contributed by atoms with Crippen LogP contribution in [-0.4, -0.2) is 118 Å². The van der Waals surface area contributed by atoms with E-state index in [1.54, 1.807) is 0 Å². The molecule has 2 N–H and O–H groups in total. The smallest absolute Gasteiger partial charge is 0.272 e. The van der Waals surface area contributed by atoms with Gasteiger partial charge in [-0.25, -0.2) is 0 Å². The van der Waals surface area contributed by atoms with Crippen molar-refractivity contribution in [3.8, 4) is 0 Å². The second kappa shape index (κ2) is 11.8. The van der Waals surface area contributed by atoms with Gasteiger partial charge in [-0.15, -0.1) is 0 Å². The summed E-state index contributed by atoms with van der Waals surface area (Å²) in [4.78, 5) is 32.6. The Morgan fingerprint density at radius 2 is 1.77 bits per heavy atom. The van der Waals surface area contributed by atoms with Gasteiger partial charge >= 0.3 is 0 Å². The number of ether oxygens (including phenoxy) is 1. The normalized spacial score (nSPS) is 28.4. The molecule has 0 aliphatic carbocycles. The van der Waals surface area contributed by atoms with Crippen LogP contribution in [0.5, 0.6) is 0 Å². The third-order valence-corrected chi connectivity index (χ3v) is 9.32. The lowest BCUT2D eigenvalue weighted by Crippen LogP contribution is -2.55. The number of nitrogens with one attached hydrogen (secondary N) is 1. The van der Waals surface area contributed by atoms with E-state index in [0.717, 1.165) is 62.5 Å². The van der Waals surface area contributed by atoms with E-state index in [1.165, 1.54) is 0 Å². The number of hydrogen-bond acceptors (Lipinski definition) is 7. The van der Waals surface area contributed by atoms with Crippen LogP contribution in [0.1, 0.15) is 68.9 Å². The van der Waals surface area contributed by atoms with Crippen molar-refractivity contribution in [3.63, 3.8) is 0 Å². The second-order valence-electron chi connectivity index (χ2n) is 12.4. The lowest BCUT2D eigenvalue weighted by atomic mass is 9.96.